The van der Waals surface area contributed by atoms with Crippen LogP contribution in [-0.2, 0) is 4.74 Å². The Morgan fingerprint density at radius 3 is 2.00 bits per heavy atom. The molecule has 2 aromatic carbocycles. The predicted molar refractivity (Wildman–Crippen MR) is 89.3 cm³/mol. The summed E-state index contributed by atoms with van der Waals surface area (Å²) in [4.78, 5) is 26.3. The Balaban J connectivity index is 2.37. The first kappa shape index (κ1) is 16.7. The first-order chi connectivity index (χ1) is 11.1. The van der Waals surface area contributed by atoms with Crippen molar-refractivity contribution in [2.45, 2.75) is 13.0 Å². The Bertz CT molecular complexity index is 655. The third kappa shape index (κ3) is 3.77. The van der Waals surface area contributed by atoms with E-state index < -0.39 is 18.1 Å². The molecule has 120 valence electrons. The second-order valence-electron chi connectivity index (χ2n) is 5.46. The van der Waals surface area contributed by atoms with Crippen LogP contribution >= 0.6 is 0 Å². The second kappa shape index (κ2) is 7.58. The first-order valence-electron chi connectivity index (χ1n) is 7.51. The molecule has 0 heterocycles. The van der Waals surface area contributed by atoms with E-state index in [2.05, 4.69) is 0 Å². The summed E-state index contributed by atoms with van der Waals surface area (Å²) in [5.41, 5.74) is 1.54. The molecule has 0 bridgehead atoms. The van der Waals surface area contributed by atoms with E-state index in [0.29, 0.717) is 5.56 Å². The standard InChI is InChI=1S/C19H21NO3/c1-14(18(21)16-12-8-5-9-13-16)17(20(2)19(22)23-3)15-10-6-4-7-11-15/h4-14,17H,1-3H3/t14-,17-/m1/s1. The lowest BCUT2D eigenvalue weighted by Crippen LogP contribution is -2.37. The summed E-state index contributed by atoms with van der Waals surface area (Å²) in [7, 11) is 2.99. The normalized spacial score (nSPS) is 13.0. The van der Waals surface area contributed by atoms with E-state index in [4.69, 9.17) is 4.74 Å². The van der Waals surface area contributed by atoms with Crippen molar-refractivity contribution >= 4 is 11.9 Å². The molecular formula is C19H21NO3. The largest absolute Gasteiger partial charge is 0.453 e. The van der Waals surface area contributed by atoms with Gasteiger partial charge in [-0.2, -0.15) is 0 Å². The number of nitrogens with zero attached hydrogens (tertiary/aromatic N) is 1. The zero-order valence-electron chi connectivity index (χ0n) is 13.6. The van der Waals surface area contributed by atoms with Crippen LogP contribution in [0.2, 0.25) is 0 Å². The van der Waals surface area contributed by atoms with Crippen molar-refractivity contribution in [2.24, 2.45) is 5.92 Å². The summed E-state index contributed by atoms with van der Waals surface area (Å²) in [6.07, 6.45) is -0.466. The number of benzene rings is 2. The van der Waals surface area contributed by atoms with Crippen molar-refractivity contribution in [1.29, 1.82) is 0 Å². The summed E-state index contributed by atoms with van der Waals surface area (Å²) in [5.74, 6) is -0.404. The van der Waals surface area contributed by atoms with Crippen molar-refractivity contribution in [1.82, 2.24) is 4.90 Å². The van der Waals surface area contributed by atoms with Gasteiger partial charge < -0.3 is 9.64 Å². The number of rotatable bonds is 5. The molecule has 4 nitrogen and oxygen atoms in total. The minimum absolute atomic E-state index is 0.00444. The van der Waals surface area contributed by atoms with Crippen LogP contribution in [0.3, 0.4) is 0 Å². The molecule has 2 rings (SSSR count). The Morgan fingerprint density at radius 1 is 0.957 bits per heavy atom. The molecule has 0 aliphatic rings. The minimum Gasteiger partial charge on any atom is -0.453 e. The van der Waals surface area contributed by atoms with Gasteiger partial charge in [0, 0.05) is 18.5 Å². The number of carbonyl (C=O) groups excluding carboxylic acids is 2. The number of amides is 1. The third-order valence-electron chi connectivity index (χ3n) is 3.97. The van der Waals surface area contributed by atoms with Crippen LogP contribution in [0, 0.1) is 5.92 Å². The van der Waals surface area contributed by atoms with E-state index >= 15 is 0 Å². The number of methoxy groups -OCH3 is 1. The molecule has 0 radical (unpaired) electrons. The number of carbonyl (C=O) groups is 2. The average molecular weight is 311 g/mol. The molecule has 0 aliphatic heterocycles. The second-order valence-corrected chi connectivity index (χ2v) is 5.46. The highest BCUT2D eigenvalue weighted by atomic mass is 16.5. The van der Waals surface area contributed by atoms with Gasteiger partial charge in [0.2, 0.25) is 0 Å². The number of hydrogen-bond donors (Lipinski definition) is 0. The molecule has 0 saturated carbocycles. The quantitative estimate of drug-likeness (QED) is 0.786. The van der Waals surface area contributed by atoms with E-state index in [9.17, 15) is 9.59 Å². The van der Waals surface area contributed by atoms with Crippen LogP contribution in [0.25, 0.3) is 0 Å². The van der Waals surface area contributed by atoms with Crippen molar-refractivity contribution in [3.05, 3.63) is 71.8 Å². The Morgan fingerprint density at radius 2 is 1.48 bits per heavy atom. The summed E-state index contributed by atoms with van der Waals surface area (Å²) in [6.45, 7) is 1.84. The number of ether oxygens (including phenoxy) is 1. The molecule has 0 spiro atoms. The molecule has 1 amide bonds. The first-order valence-corrected chi connectivity index (χ1v) is 7.51. The molecule has 2 atom stereocenters. The van der Waals surface area contributed by atoms with Crippen molar-refractivity contribution in [3.8, 4) is 0 Å². The SMILES string of the molecule is COC(=O)N(C)[C@@H](c1ccccc1)[C@@H](C)C(=O)c1ccccc1. The highest BCUT2D eigenvalue weighted by Crippen LogP contribution is 2.30. The van der Waals surface area contributed by atoms with Gasteiger partial charge in [-0.1, -0.05) is 67.6 Å². The van der Waals surface area contributed by atoms with Crippen molar-refractivity contribution < 1.29 is 14.3 Å². The van der Waals surface area contributed by atoms with Crippen molar-refractivity contribution in [3.63, 3.8) is 0 Å². The lowest BCUT2D eigenvalue weighted by molar-refractivity contribution is 0.0783. The van der Waals surface area contributed by atoms with E-state index in [0.717, 1.165) is 5.56 Å². The topological polar surface area (TPSA) is 46.6 Å². The summed E-state index contributed by atoms with van der Waals surface area (Å²) in [5, 5.41) is 0. The number of hydrogen-bond acceptors (Lipinski definition) is 3. The van der Waals surface area contributed by atoms with E-state index in [1.807, 2.05) is 55.5 Å². The Hall–Kier alpha value is -2.62. The molecule has 0 saturated heterocycles. The predicted octanol–water partition coefficient (Wildman–Crippen LogP) is 3.94. The van der Waals surface area contributed by atoms with Crippen LogP contribution in [-0.4, -0.2) is 30.9 Å². The van der Waals surface area contributed by atoms with Gasteiger partial charge in [-0.05, 0) is 5.56 Å². The molecule has 23 heavy (non-hydrogen) atoms. The minimum atomic E-state index is -0.466. The van der Waals surface area contributed by atoms with Gasteiger partial charge >= 0.3 is 6.09 Å². The fraction of sp³-hybridized carbons (Fsp3) is 0.263. The number of Topliss-reactive ketones (excluding diaryl/α,β-unsaturated/α-hetero) is 1. The molecule has 2 aromatic rings. The van der Waals surface area contributed by atoms with E-state index in [-0.39, 0.29) is 5.78 Å². The molecule has 0 fully saturated rings. The summed E-state index contributed by atoms with van der Waals surface area (Å²) in [6, 6.07) is 18.3. The molecule has 0 N–H and O–H groups in total. The zero-order valence-corrected chi connectivity index (χ0v) is 13.6. The van der Waals surface area contributed by atoms with Crippen molar-refractivity contribution in [2.75, 3.05) is 14.2 Å². The highest BCUT2D eigenvalue weighted by Gasteiger charge is 2.32. The number of ketones is 1. The van der Waals surface area contributed by atoms with Gasteiger partial charge in [-0.25, -0.2) is 4.79 Å². The monoisotopic (exact) mass is 311 g/mol. The zero-order chi connectivity index (χ0) is 16.8. The maximum Gasteiger partial charge on any atom is 0.409 e. The molecular weight excluding hydrogens is 290 g/mol. The molecule has 0 unspecified atom stereocenters. The van der Waals surface area contributed by atoms with Gasteiger partial charge in [0.05, 0.1) is 13.2 Å². The Kier molecular flexibility index (Phi) is 5.52. The lowest BCUT2D eigenvalue weighted by atomic mass is 9.87. The fourth-order valence-corrected chi connectivity index (χ4v) is 2.76. The van der Waals surface area contributed by atoms with Gasteiger partial charge in [-0.15, -0.1) is 0 Å². The average Bonchev–Trinajstić information content (AvgIpc) is 2.62. The van der Waals surface area contributed by atoms with Gasteiger partial charge in [0.1, 0.15) is 0 Å². The fourth-order valence-electron chi connectivity index (χ4n) is 2.76. The Labute approximate surface area is 136 Å². The van der Waals surface area contributed by atoms with Gasteiger partial charge in [-0.3, -0.25) is 4.79 Å². The third-order valence-corrected chi connectivity index (χ3v) is 3.97. The van der Waals surface area contributed by atoms with Crippen LogP contribution in [0.5, 0.6) is 0 Å². The molecule has 0 aliphatic carbocycles. The molecule has 4 heteroatoms. The van der Waals surface area contributed by atoms with Crippen LogP contribution < -0.4 is 0 Å². The highest BCUT2D eigenvalue weighted by molar-refractivity contribution is 5.98. The van der Waals surface area contributed by atoms with E-state index in [1.165, 1.54) is 12.0 Å². The maximum atomic E-state index is 12.8. The summed E-state index contributed by atoms with van der Waals surface area (Å²) < 4.78 is 4.83. The van der Waals surface area contributed by atoms with Gasteiger partial charge in [0.25, 0.3) is 0 Å². The van der Waals surface area contributed by atoms with Crippen LogP contribution in [0.15, 0.2) is 60.7 Å². The maximum absolute atomic E-state index is 12.8. The summed E-state index contributed by atoms with van der Waals surface area (Å²) >= 11 is 0. The lowest BCUT2D eigenvalue weighted by Gasteiger charge is -2.31. The van der Waals surface area contributed by atoms with Crippen LogP contribution in [0.4, 0.5) is 4.79 Å². The smallest absolute Gasteiger partial charge is 0.409 e. The molecule has 0 aromatic heterocycles. The van der Waals surface area contributed by atoms with E-state index in [1.54, 1.807) is 19.2 Å². The van der Waals surface area contributed by atoms with Gasteiger partial charge in [0.15, 0.2) is 5.78 Å². The van der Waals surface area contributed by atoms with Crippen LogP contribution in [0.1, 0.15) is 28.9 Å².